The fourth-order valence-electron chi connectivity index (χ4n) is 4.87. The van der Waals surface area contributed by atoms with E-state index in [-0.39, 0.29) is 30.1 Å². The van der Waals surface area contributed by atoms with Crippen molar-refractivity contribution in [1.29, 1.82) is 0 Å². The number of carbonyl (C=O) groups excluding carboxylic acids is 2. The van der Waals surface area contributed by atoms with Gasteiger partial charge in [0.05, 0.1) is 23.4 Å². The van der Waals surface area contributed by atoms with Crippen LogP contribution in [-0.2, 0) is 16.1 Å². The number of anilines is 3. The number of halogens is 1. The number of rotatable bonds is 7. The molecule has 0 saturated carbocycles. The average Bonchev–Trinajstić information content (AvgIpc) is 3.60. The Morgan fingerprint density at radius 2 is 1.95 bits per heavy atom. The first-order valence-corrected chi connectivity index (χ1v) is 14.4. The molecule has 3 aromatic carbocycles. The van der Waals surface area contributed by atoms with E-state index in [9.17, 15) is 14.0 Å². The highest BCUT2D eigenvalue weighted by Gasteiger charge is 2.33. The van der Waals surface area contributed by atoms with Gasteiger partial charge in [-0.1, -0.05) is 6.07 Å². The number of thiophene rings is 1. The van der Waals surface area contributed by atoms with Gasteiger partial charge in [-0.05, 0) is 74.2 Å². The summed E-state index contributed by atoms with van der Waals surface area (Å²) in [4.78, 5) is 26.0. The summed E-state index contributed by atoms with van der Waals surface area (Å²) in [6, 6.07) is 15.2. The number of amides is 1. The third-order valence-corrected chi connectivity index (χ3v) is 7.75. The number of aryl methyl sites for hydroxylation is 1. The van der Waals surface area contributed by atoms with Crippen LogP contribution in [0.15, 0.2) is 65.4 Å². The van der Waals surface area contributed by atoms with Crippen molar-refractivity contribution in [3.05, 3.63) is 99.0 Å². The Morgan fingerprint density at radius 3 is 2.71 bits per heavy atom. The van der Waals surface area contributed by atoms with Crippen molar-refractivity contribution in [2.24, 2.45) is 0 Å². The number of benzene rings is 3. The number of hydrogen-bond acceptors (Lipinski definition) is 8. The molecule has 6 rings (SSSR count). The number of fused-ring (bicyclic) bond motifs is 2. The number of ether oxygens (including phenoxy) is 4. The molecule has 3 heterocycles. The molecule has 10 heteroatoms. The first-order valence-electron chi connectivity index (χ1n) is 13.4. The minimum Gasteiger partial charge on any atom is -0.491 e. The zero-order chi connectivity index (χ0) is 29.4. The van der Waals surface area contributed by atoms with Crippen LogP contribution in [0.3, 0.4) is 0 Å². The summed E-state index contributed by atoms with van der Waals surface area (Å²) in [6.45, 7) is 6.44. The van der Waals surface area contributed by atoms with Crippen molar-refractivity contribution >= 4 is 40.1 Å². The molecule has 4 aromatic rings. The standard InChI is InChI=1S/C32H29FN2O6S/c1-18-10-26(33)28(35-31(37)20-8-9-42-17-20)13-27(18)34-21-5-7-24-29(11-21)39-14-19-4-6-22(12-25(19)30(24)36)38-15-23-16-40-32(2,3)41-23/h4-13,17,23,34H,14-16H2,1-3H3,(H,35,37)/t23-/m1/s1. The van der Waals surface area contributed by atoms with Gasteiger partial charge in [0.25, 0.3) is 5.91 Å². The van der Waals surface area contributed by atoms with E-state index in [1.807, 2.05) is 26.0 Å². The molecule has 0 radical (unpaired) electrons. The molecule has 42 heavy (non-hydrogen) atoms. The van der Waals surface area contributed by atoms with Crippen molar-refractivity contribution in [2.75, 3.05) is 23.8 Å². The van der Waals surface area contributed by atoms with Crippen LogP contribution >= 0.6 is 11.3 Å². The summed E-state index contributed by atoms with van der Waals surface area (Å²) >= 11 is 1.39. The number of ketones is 1. The van der Waals surface area contributed by atoms with Crippen LogP contribution in [-0.4, -0.2) is 36.8 Å². The summed E-state index contributed by atoms with van der Waals surface area (Å²) in [7, 11) is 0. The van der Waals surface area contributed by atoms with Gasteiger partial charge in [-0.2, -0.15) is 11.3 Å². The Kier molecular flexibility index (Phi) is 7.44. The molecule has 0 aliphatic carbocycles. The number of carbonyl (C=O) groups is 2. The van der Waals surface area contributed by atoms with Crippen LogP contribution in [0.4, 0.5) is 21.5 Å². The lowest BCUT2D eigenvalue weighted by Crippen LogP contribution is -2.25. The van der Waals surface area contributed by atoms with Crippen LogP contribution in [0.2, 0.25) is 0 Å². The van der Waals surface area contributed by atoms with E-state index in [1.54, 1.807) is 54.1 Å². The average molecular weight is 589 g/mol. The fourth-order valence-corrected chi connectivity index (χ4v) is 5.51. The van der Waals surface area contributed by atoms with E-state index in [1.165, 1.54) is 17.4 Å². The third-order valence-electron chi connectivity index (χ3n) is 7.06. The molecule has 0 spiro atoms. The summed E-state index contributed by atoms with van der Waals surface area (Å²) in [5.74, 6) is -0.748. The maximum atomic E-state index is 14.7. The molecule has 1 amide bonds. The monoisotopic (exact) mass is 588 g/mol. The molecular formula is C32H29FN2O6S. The molecule has 0 unspecified atom stereocenters. The summed E-state index contributed by atoms with van der Waals surface area (Å²) < 4.78 is 38.0. The molecule has 1 fully saturated rings. The summed E-state index contributed by atoms with van der Waals surface area (Å²) in [5, 5.41) is 9.38. The zero-order valence-electron chi connectivity index (χ0n) is 23.3. The fraction of sp³-hybridized carbons (Fsp3) is 0.250. The van der Waals surface area contributed by atoms with Gasteiger partial charge < -0.3 is 29.6 Å². The maximum Gasteiger partial charge on any atom is 0.256 e. The molecule has 216 valence electrons. The van der Waals surface area contributed by atoms with Crippen molar-refractivity contribution in [1.82, 2.24) is 0 Å². The van der Waals surface area contributed by atoms with Gasteiger partial charge in [0, 0.05) is 33.9 Å². The Balaban J connectivity index is 1.18. The van der Waals surface area contributed by atoms with E-state index in [0.29, 0.717) is 58.3 Å². The second-order valence-electron chi connectivity index (χ2n) is 10.6. The molecule has 2 aliphatic rings. The lowest BCUT2D eigenvalue weighted by molar-refractivity contribution is -0.141. The quantitative estimate of drug-likeness (QED) is 0.244. The molecule has 1 atom stereocenters. The normalized spacial score (nSPS) is 17.0. The summed E-state index contributed by atoms with van der Waals surface area (Å²) in [5.41, 5.74) is 4.09. The van der Waals surface area contributed by atoms with E-state index < -0.39 is 11.6 Å². The van der Waals surface area contributed by atoms with Gasteiger partial charge in [-0.25, -0.2) is 4.39 Å². The maximum absolute atomic E-state index is 14.7. The Hall–Kier alpha value is -4.25. The molecule has 1 aromatic heterocycles. The zero-order valence-corrected chi connectivity index (χ0v) is 24.1. The van der Waals surface area contributed by atoms with Gasteiger partial charge >= 0.3 is 0 Å². The van der Waals surface area contributed by atoms with Gasteiger partial charge in [0.2, 0.25) is 0 Å². The van der Waals surface area contributed by atoms with Gasteiger partial charge in [0.15, 0.2) is 11.6 Å². The van der Waals surface area contributed by atoms with Crippen LogP contribution in [0.1, 0.15) is 51.3 Å². The number of nitrogens with one attached hydrogen (secondary N) is 2. The van der Waals surface area contributed by atoms with Crippen molar-refractivity contribution in [2.45, 2.75) is 39.3 Å². The Bertz CT molecular complexity index is 1670. The molecule has 1 saturated heterocycles. The van der Waals surface area contributed by atoms with Crippen molar-refractivity contribution in [3.8, 4) is 11.5 Å². The number of hydrogen-bond donors (Lipinski definition) is 2. The predicted molar refractivity (Wildman–Crippen MR) is 158 cm³/mol. The Labute approximate surface area is 246 Å². The Morgan fingerprint density at radius 1 is 1.10 bits per heavy atom. The lowest BCUT2D eigenvalue weighted by atomic mass is 9.98. The topological polar surface area (TPSA) is 95.1 Å². The smallest absolute Gasteiger partial charge is 0.256 e. The van der Waals surface area contributed by atoms with Crippen LogP contribution in [0.5, 0.6) is 11.5 Å². The highest BCUT2D eigenvalue weighted by molar-refractivity contribution is 7.08. The van der Waals surface area contributed by atoms with Crippen molar-refractivity contribution in [3.63, 3.8) is 0 Å². The van der Waals surface area contributed by atoms with E-state index in [4.69, 9.17) is 18.9 Å². The summed E-state index contributed by atoms with van der Waals surface area (Å²) in [6.07, 6.45) is -0.192. The minimum absolute atomic E-state index is 0.0599. The third kappa shape index (κ3) is 5.87. The first kappa shape index (κ1) is 27.9. The van der Waals surface area contributed by atoms with Crippen molar-refractivity contribution < 1.29 is 32.9 Å². The van der Waals surface area contributed by atoms with Gasteiger partial charge in [0.1, 0.15) is 36.6 Å². The van der Waals surface area contributed by atoms with Gasteiger partial charge in [-0.15, -0.1) is 0 Å². The first-order chi connectivity index (χ1) is 20.1. The lowest BCUT2D eigenvalue weighted by Gasteiger charge is -2.17. The highest BCUT2D eigenvalue weighted by atomic mass is 32.1. The largest absolute Gasteiger partial charge is 0.491 e. The van der Waals surface area contributed by atoms with Crippen LogP contribution in [0, 0.1) is 12.7 Å². The molecule has 8 nitrogen and oxygen atoms in total. The van der Waals surface area contributed by atoms with Crippen LogP contribution < -0.4 is 20.1 Å². The predicted octanol–water partition coefficient (Wildman–Crippen LogP) is 6.85. The minimum atomic E-state index is -0.635. The van der Waals surface area contributed by atoms with E-state index in [0.717, 1.165) is 5.56 Å². The molecule has 2 aliphatic heterocycles. The van der Waals surface area contributed by atoms with E-state index >= 15 is 0 Å². The van der Waals surface area contributed by atoms with Gasteiger partial charge in [-0.3, -0.25) is 9.59 Å². The molecular weight excluding hydrogens is 559 g/mol. The van der Waals surface area contributed by atoms with E-state index in [2.05, 4.69) is 10.6 Å². The highest BCUT2D eigenvalue weighted by Crippen LogP contribution is 2.35. The second kappa shape index (κ2) is 11.2. The second-order valence-corrected chi connectivity index (χ2v) is 11.4. The molecule has 2 N–H and O–H groups in total. The van der Waals surface area contributed by atoms with Crippen LogP contribution in [0.25, 0.3) is 0 Å². The molecule has 0 bridgehead atoms. The SMILES string of the molecule is Cc1cc(F)c(NC(=O)c2ccsc2)cc1Nc1ccc2c(c1)OCc1ccc(OC[C@@H]3COC(C)(C)O3)cc1C2=O.